The molecule has 4 heteroatoms. The van der Waals surface area contributed by atoms with Crippen LogP contribution in [0, 0.1) is 5.92 Å². The molecule has 0 bridgehead atoms. The van der Waals surface area contributed by atoms with Gasteiger partial charge in [0.1, 0.15) is 5.82 Å². The number of piperidine rings is 1. The van der Waals surface area contributed by atoms with Crippen LogP contribution in [0.2, 0.25) is 5.02 Å². The fraction of sp³-hybridized carbons (Fsp3) is 0.583. The highest BCUT2D eigenvalue weighted by molar-refractivity contribution is 6.32. The van der Waals surface area contributed by atoms with Crippen LogP contribution in [-0.4, -0.2) is 31.7 Å². The van der Waals surface area contributed by atoms with E-state index in [1.165, 1.54) is 12.8 Å². The first-order chi connectivity index (χ1) is 7.81. The van der Waals surface area contributed by atoms with Gasteiger partial charge in [0.15, 0.2) is 0 Å². The molecule has 0 amide bonds. The highest BCUT2D eigenvalue weighted by atomic mass is 35.5. The van der Waals surface area contributed by atoms with E-state index >= 15 is 0 Å². The van der Waals surface area contributed by atoms with E-state index in [1.54, 1.807) is 0 Å². The van der Waals surface area contributed by atoms with Gasteiger partial charge in [-0.2, -0.15) is 0 Å². The van der Waals surface area contributed by atoms with Crippen LogP contribution in [0.15, 0.2) is 18.3 Å². The van der Waals surface area contributed by atoms with E-state index in [2.05, 4.69) is 15.2 Å². The molecule has 1 aliphatic heterocycles. The number of nitrogens with zero attached hydrogens (tertiary/aromatic N) is 2. The van der Waals surface area contributed by atoms with Gasteiger partial charge in [-0.1, -0.05) is 11.6 Å². The lowest BCUT2D eigenvalue weighted by molar-refractivity contribution is 0.401. The van der Waals surface area contributed by atoms with Gasteiger partial charge in [-0.3, -0.25) is 0 Å². The summed E-state index contributed by atoms with van der Waals surface area (Å²) in [5.74, 6) is 1.64. The molecule has 0 spiro atoms. The second-order valence-electron chi connectivity index (χ2n) is 4.32. The zero-order chi connectivity index (χ0) is 11.4. The third-order valence-electron chi connectivity index (χ3n) is 3.05. The van der Waals surface area contributed by atoms with Gasteiger partial charge >= 0.3 is 0 Å². The number of anilines is 1. The van der Waals surface area contributed by atoms with Gasteiger partial charge in [0.2, 0.25) is 0 Å². The van der Waals surface area contributed by atoms with Crippen molar-refractivity contribution in [3.8, 4) is 0 Å². The van der Waals surface area contributed by atoms with Gasteiger partial charge in [-0.05, 0) is 44.5 Å². The summed E-state index contributed by atoms with van der Waals surface area (Å²) in [6.45, 7) is 3.19. The van der Waals surface area contributed by atoms with E-state index in [-0.39, 0.29) is 0 Å². The Balaban J connectivity index is 2.07. The predicted molar refractivity (Wildman–Crippen MR) is 68.1 cm³/mol. The minimum Gasteiger partial charge on any atom is -0.355 e. The molecule has 1 fully saturated rings. The summed E-state index contributed by atoms with van der Waals surface area (Å²) >= 11 is 6.16. The van der Waals surface area contributed by atoms with Crippen LogP contribution >= 0.6 is 11.6 Å². The van der Waals surface area contributed by atoms with Crippen molar-refractivity contribution >= 4 is 17.4 Å². The summed E-state index contributed by atoms with van der Waals surface area (Å²) in [5, 5.41) is 4.00. The first kappa shape index (κ1) is 11.7. The average molecular weight is 240 g/mol. The summed E-state index contributed by atoms with van der Waals surface area (Å²) in [5.41, 5.74) is 0. The number of nitrogens with one attached hydrogen (secondary N) is 1. The molecular formula is C12H18ClN3. The van der Waals surface area contributed by atoms with Crippen molar-refractivity contribution in [2.24, 2.45) is 5.92 Å². The second kappa shape index (κ2) is 5.51. The number of pyridine rings is 1. The van der Waals surface area contributed by atoms with Crippen molar-refractivity contribution in [3.05, 3.63) is 23.4 Å². The Bertz CT molecular complexity index is 341. The molecule has 1 N–H and O–H groups in total. The molecule has 2 heterocycles. The first-order valence-corrected chi connectivity index (χ1v) is 6.19. The zero-order valence-corrected chi connectivity index (χ0v) is 10.4. The van der Waals surface area contributed by atoms with Crippen molar-refractivity contribution in [2.75, 3.05) is 31.6 Å². The zero-order valence-electron chi connectivity index (χ0n) is 9.62. The Kier molecular flexibility index (Phi) is 4.02. The van der Waals surface area contributed by atoms with Crippen LogP contribution in [0.5, 0.6) is 0 Å². The SMILES string of the molecule is CNCC1CCCN(c2ncccc2Cl)C1. The topological polar surface area (TPSA) is 28.2 Å². The summed E-state index contributed by atoms with van der Waals surface area (Å²) < 4.78 is 0. The molecule has 1 aromatic rings. The third kappa shape index (κ3) is 2.66. The smallest absolute Gasteiger partial charge is 0.147 e. The molecule has 0 aliphatic carbocycles. The fourth-order valence-corrected chi connectivity index (χ4v) is 2.56. The summed E-state index contributed by atoms with van der Waals surface area (Å²) in [7, 11) is 2.01. The molecule has 2 rings (SSSR count). The van der Waals surface area contributed by atoms with Crippen LogP contribution in [0.1, 0.15) is 12.8 Å². The van der Waals surface area contributed by atoms with Crippen LogP contribution in [0.3, 0.4) is 0 Å². The highest BCUT2D eigenvalue weighted by Gasteiger charge is 2.21. The molecule has 0 saturated carbocycles. The molecule has 1 atom stereocenters. The Morgan fingerprint density at radius 1 is 1.62 bits per heavy atom. The van der Waals surface area contributed by atoms with Crippen LogP contribution in [0.25, 0.3) is 0 Å². The maximum Gasteiger partial charge on any atom is 0.147 e. The van der Waals surface area contributed by atoms with Gasteiger partial charge in [0, 0.05) is 19.3 Å². The second-order valence-corrected chi connectivity index (χ2v) is 4.73. The minimum absolute atomic E-state index is 0.705. The van der Waals surface area contributed by atoms with Crippen molar-refractivity contribution in [1.29, 1.82) is 0 Å². The van der Waals surface area contributed by atoms with Crippen molar-refractivity contribution < 1.29 is 0 Å². The number of halogens is 1. The Labute approximate surface area is 102 Å². The Morgan fingerprint density at radius 2 is 2.50 bits per heavy atom. The number of aromatic nitrogens is 1. The van der Waals surface area contributed by atoms with E-state index in [0.29, 0.717) is 5.92 Å². The predicted octanol–water partition coefficient (Wildman–Crippen LogP) is 2.17. The van der Waals surface area contributed by atoms with E-state index in [4.69, 9.17) is 11.6 Å². The van der Waals surface area contributed by atoms with Gasteiger partial charge in [-0.25, -0.2) is 4.98 Å². The molecule has 16 heavy (non-hydrogen) atoms. The summed E-state index contributed by atoms with van der Waals surface area (Å²) in [6, 6.07) is 3.78. The van der Waals surface area contributed by atoms with Crippen LogP contribution in [0.4, 0.5) is 5.82 Å². The molecule has 1 aliphatic rings. The normalized spacial score (nSPS) is 21.1. The average Bonchev–Trinajstić information content (AvgIpc) is 2.30. The van der Waals surface area contributed by atoms with E-state index < -0.39 is 0 Å². The van der Waals surface area contributed by atoms with Gasteiger partial charge in [0.05, 0.1) is 5.02 Å². The van der Waals surface area contributed by atoms with Gasteiger partial charge in [-0.15, -0.1) is 0 Å². The number of rotatable bonds is 3. The van der Waals surface area contributed by atoms with E-state index in [0.717, 1.165) is 30.5 Å². The lowest BCUT2D eigenvalue weighted by Gasteiger charge is -2.33. The molecule has 1 aromatic heterocycles. The minimum atomic E-state index is 0.705. The van der Waals surface area contributed by atoms with Crippen molar-refractivity contribution in [1.82, 2.24) is 10.3 Å². The Hall–Kier alpha value is -0.800. The lowest BCUT2D eigenvalue weighted by atomic mass is 9.98. The fourth-order valence-electron chi connectivity index (χ4n) is 2.32. The monoisotopic (exact) mass is 239 g/mol. The van der Waals surface area contributed by atoms with Crippen molar-refractivity contribution in [2.45, 2.75) is 12.8 Å². The summed E-state index contributed by atoms with van der Waals surface area (Å²) in [6.07, 6.45) is 4.32. The first-order valence-electron chi connectivity index (χ1n) is 5.81. The van der Waals surface area contributed by atoms with Crippen LogP contribution < -0.4 is 10.2 Å². The lowest BCUT2D eigenvalue weighted by Crippen LogP contribution is -2.39. The van der Waals surface area contributed by atoms with E-state index in [1.807, 2.05) is 25.4 Å². The van der Waals surface area contributed by atoms with Crippen molar-refractivity contribution in [3.63, 3.8) is 0 Å². The molecular weight excluding hydrogens is 222 g/mol. The molecule has 0 aromatic carbocycles. The summed E-state index contributed by atoms with van der Waals surface area (Å²) in [4.78, 5) is 6.67. The molecule has 1 saturated heterocycles. The third-order valence-corrected chi connectivity index (χ3v) is 3.35. The largest absolute Gasteiger partial charge is 0.355 e. The van der Waals surface area contributed by atoms with Gasteiger partial charge < -0.3 is 10.2 Å². The van der Waals surface area contributed by atoms with E-state index in [9.17, 15) is 0 Å². The number of hydrogen-bond acceptors (Lipinski definition) is 3. The van der Waals surface area contributed by atoms with Crippen LogP contribution in [-0.2, 0) is 0 Å². The molecule has 88 valence electrons. The maximum atomic E-state index is 6.16. The number of hydrogen-bond donors (Lipinski definition) is 1. The molecule has 3 nitrogen and oxygen atoms in total. The van der Waals surface area contributed by atoms with Gasteiger partial charge in [0.25, 0.3) is 0 Å². The quantitative estimate of drug-likeness (QED) is 0.877. The Morgan fingerprint density at radius 3 is 3.25 bits per heavy atom. The maximum absolute atomic E-state index is 6.16. The molecule has 1 unspecified atom stereocenters. The molecule has 0 radical (unpaired) electrons. The standard InChI is InChI=1S/C12H18ClN3/c1-14-8-10-4-3-7-16(9-10)12-11(13)5-2-6-15-12/h2,5-6,10,14H,3-4,7-9H2,1H3. The highest BCUT2D eigenvalue weighted by Crippen LogP contribution is 2.26.